The standard InChI is InChI=1S/C19H33N3O10/c23-16-30-18(15-17(24)9-3-1-7-13-31-21(26)27)10-5-6-12-20-19(25)11-4-2-8-14-32-22(28)29/h16,18H,1-15H2,(H,20,25). The van der Waals surface area contributed by atoms with Gasteiger partial charge in [0.2, 0.25) is 5.91 Å². The number of carbonyl (C=O) groups excluding carboxylic acids is 3. The van der Waals surface area contributed by atoms with Gasteiger partial charge in [0, 0.05) is 25.8 Å². The van der Waals surface area contributed by atoms with E-state index in [-0.39, 0.29) is 31.3 Å². The van der Waals surface area contributed by atoms with Crippen LogP contribution < -0.4 is 5.32 Å². The maximum atomic E-state index is 12.0. The van der Waals surface area contributed by atoms with E-state index in [9.17, 15) is 34.6 Å². The van der Waals surface area contributed by atoms with Crippen molar-refractivity contribution < 1.29 is 39.0 Å². The second-order valence-electron chi connectivity index (χ2n) is 7.18. The quantitative estimate of drug-likeness (QED) is 0.102. The number of ketones is 1. The van der Waals surface area contributed by atoms with Crippen molar-refractivity contribution >= 4 is 18.2 Å². The van der Waals surface area contributed by atoms with Crippen LogP contribution in [0, 0.1) is 20.2 Å². The zero-order valence-electron chi connectivity index (χ0n) is 18.2. The predicted octanol–water partition coefficient (Wildman–Crippen LogP) is 2.31. The van der Waals surface area contributed by atoms with Gasteiger partial charge in [-0.25, -0.2) is 0 Å². The molecule has 0 radical (unpaired) electrons. The molecule has 0 bridgehead atoms. The van der Waals surface area contributed by atoms with Crippen LogP contribution in [0.1, 0.15) is 77.0 Å². The molecule has 0 aromatic carbocycles. The molecule has 32 heavy (non-hydrogen) atoms. The maximum Gasteiger partial charge on any atom is 0.294 e. The van der Waals surface area contributed by atoms with Gasteiger partial charge in [-0.2, -0.15) is 0 Å². The van der Waals surface area contributed by atoms with Crippen molar-refractivity contribution in [2.75, 3.05) is 19.8 Å². The van der Waals surface area contributed by atoms with Crippen molar-refractivity contribution in [2.24, 2.45) is 0 Å². The molecule has 0 saturated heterocycles. The Balaban J connectivity index is 3.77. The van der Waals surface area contributed by atoms with Gasteiger partial charge in [0.05, 0.1) is 13.2 Å². The minimum absolute atomic E-state index is 0.00746. The van der Waals surface area contributed by atoms with E-state index in [0.717, 1.165) is 0 Å². The SMILES string of the molecule is O=COC(CCCCNC(=O)CCCCCO[N+](=O)[O-])CC(=O)CCCCCO[N+](=O)[O-]. The van der Waals surface area contributed by atoms with Crippen molar-refractivity contribution in [2.45, 2.75) is 83.2 Å². The molecular weight excluding hydrogens is 430 g/mol. The Morgan fingerprint density at radius 1 is 0.844 bits per heavy atom. The van der Waals surface area contributed by atoms with Gasteiger partial charge in [-0.1, -0.05) is 12.8 Å². The van der Waals surface area contributed by atoms with E-state index >= 15 is 0 Å². The van der Waals surface area contributed by atoms with Crippen molar-refractivity contribution in [1.29, 1.82) is 0 Å². The summed E-state index contributed by atoms with van der Waals surface area (Å²) in [6.45, 7) is 0.830. The van der Waals surface area contributed by atoms with Crippen molar-refractivity contribution in [3.05, 3.63) is 20.2 Å². The first-order chi connectivity index (χ1) is 15.3. The summed E-state index contributed by atoms with van der Waals surface area (Å²) in [4.78, 5) is 62.8. The van der Waals surface area contributed by atoms with Crippen LogP contribution in [0.25, 0.3) is 0 Å². The highest BCUT2D eigenvalue weighted by atomic mass is 17.0. The number of rotatable bonds is 23. The van der Waals surface area contributed by atoms with Crippen LogP contribution in [0.3, 0.4) is 0 Å². The second kappa shape index (κ2) is 19.9. The lowest BCUT2D eigenvalue weighted by molar-refractivity contribution is -0.757. The Labute approximate surface area is 186 Å². The van der Waals surface area contributed by atoms with Gasteiger partial charge in [0.1, 0.15) is 11.9 Å². The van der Waals surface area contributed by atoms with Crippen molar-refractivity contribution in [3.8, 4) is 0 Å². The summed E-state index contributed by atoms with van der Waals surface area (Å²) in [7, 11) is 0. The number of hydrogen-bond donors (Lipinski definition) is 1. The minimum Gasteiger partial charge on any atom is -0.464 e. The first-order valence-corrected chi connectivity index (χ1v) is 10.8. The minimum atomic E-state index is -0.848. The fourth-order valence-corrected chi connectivity index (χ4v) is 2.91. The lowest BCUT2D eigenvalue weighted by Crippen LogP contribution is -2.24. The van der Waals surface area contributed by atoms with Gasteiger partial charge >= 0.3 is 0 Å². The average Bonchev–Trinajstić information content (AvgIpc) is 2.72. The molecule has 1 amide bonds. The van der Waals surface area contributed by atoms with E-state index in [1.165, 1.54) is 0 Å². The van der Waals surface area contributed by atoms with Crippen molar-refractivity contribution in [1.82, 2.24) is 5.32 Å². The molecule has 0 saturated carbocycles. The third-order valence-electron chi connectivity index (χ3n) is 4.52. The monoisotopic (exact) mass is 463 g/mol. The smallest absolute Gasteiger partial charge is 0.294 e. The number of Topliss-reactive ketones (excluding diaryl/α,β-unsaturated/α-hetero) is 1. The number of unbranched alkanes of at least 4 members (excludes halogenated alkanes) is 5. The van der Waals surface area contributed by atoms with Crippen LogP contribution in [0.5, 0.6) is 0 Å². The lowest BCUT2D eigenvalue weighted by atomic mass is 10.0. The van der Waals surface area contributed by atoms with Gasteiger partial charge in [0.25, 0.3) is 16.6 Å². The number of ether oxygens (including phenoxy) is 1. The third kappa shape index (κ3) is 20.3. The molecule has 0 aliphatic carbocycles. The molecule has 0 heterocycles. The van der Waals surface area contributed by atoms with E-state index in [0.29, 0.717) is 83.6 Å². The third-order valence-corrected chi connectivity index (χ3v) is 4.52. The lowest BCUT2D eigenvalue weighted by Gasteiger charge is -2.14. The number of nitrogens with one attached hydrogen (secondary N) is 1. The van der Waals surface area contributed by atoms with Gasteiger partial charge in [-0.15, -0.1) is 20.2 Å². The fraction of sp³-hybridized carbons (Fsp3) is 0.842. The summed E-state index contributed by atoms with van der Waals surface area (Å²) in [5, 5.41) is 21.1. The van der Waals surface area contributed by atoms with Crippen LogP contribution in [0.2, 0.25) is 0 Å². The summed E-state index contributed by atoms with van der Waals surface area (Å²) in [6, 6.07) is 0. The van der Waals surface area contributed by atoms with E-state index in [1.807, 2.05) is 0 Å². The Bertz CT molecular complexity index is 574. The summed E-state index contributed by atoms with van der Waals surface area (Å²) in [5.74, 6) is -0.136. The molecule has 184 valence electrons. The first-order valence-electron chi connectivity index (χ1n) is 10.8. The van der Waals surface area contributed by atoms with Crippen molar-refractivity contribution in [3.63, 3.8) is 0 Å². The van der Waals surface area contributed by atoms with Gasteiger partial charge in [-0.3, -0.25) is 14.4 Å². The topological polar surface area (TPSA) is 177 Å². The summed E-state index contributed by atoms with van der Waals surface area (Å²) < 4.78 is 4.98. The summed E-state index contributed by atoms with van der Waals surface area (Å²) in [6.07, 6.45) is 5.61. The summed E-state index contributed by atoms with van der Waals surface area (Å²) in [5.41, 5.74) is 0. The number of nitrogens with zero attached hydrogens (tertiary/aromatic N) is 2. The highest BCUT2D eigenvalue weighted by Crippen LogP contribution is 2.12. The molecule has 0 aromatic heterocycles. The Morgan fingerprint density at radius 2 is 1.44 bits per heavy atom. The van der Waals surface area contributed by atoms with Crippen LogP contribution >= 0.6 is 0 Å². The maximum absolute atomic E-state index is 12.0. The highest BCUT2D eigenvalue weighted by molar-refractivity contribution is 5.79. The number of hydrogen-bond acceptors (Lipinski definition) is 10. The van der Waals surface area contributed by atoms with Gasteiger partial charge in [-0.05, 0) is 44.9 Å². The van der Waals surface area contributed by atoms with Crippen LogP contribution in [-0.2, 0) is 28.8 Å². The number of carbonyl (C=O) groups is 3. The molecule has 1 unspecified atom stereocenters. The largest absolute Gasteiger partial charge is 0.464 e. The zero-order chi connectivity index (χ0) is 24.0. The van der Waals surface area contributed by atoms with Crippen LogP contribution in [0.4, 0.5) is 0 Å². The summed E-state index contributed by atoms with van der Waals surface area (Å²) >= 11 is 0. The Morgan fingerprint density at radius 3 is 2.00 bits per heavy atom. The second-order valence-corrected chi connectivity index (χ2v) is 7.18. The molecule has 0 aromatic rings. The normalized spacial score (nSPS) is 11.2. The molecule has 0 aliphatic rings. The van der Waals surface area contributed by atoms with Crippen LogP contribution in [0.15, 0.2) is 0 Å². The Hall–Kier alpha value is -2.99. The van der Waals surface area contributed by atoms with E-state index in [4.69, 9.17) is 4.74 Å². The van der Waals surface area contributed by atoms with E-state index < -0.39 is 16.3 Å². The zero-order valence-corrected chi connectivity index (χ0v) is 18.2. The fourth-order valence-electron chi connectivity index (χ4n) is 2.91. The number of amides is 1. The molecule has 0 aliphatic heterocycles. The molecular formula is C19H33N3O10. The molecule has 1 atom stereocenters. The molecule has 1 N–H and O–H groups in total. The molecule has 13 nitrogen and oxygen atoms in total. The highest BCUT2D eigenvalue weighted by Gasteiger charge is 2.14. The molecule has 0 rings (SSSR count). The molecule has 0 fully saturated rings. The van der Waals surface area contributed by atoms with Gasteiger partial charge in [0.15, 0.2) is 0 Å². The molecule has 13 heteroatoms. The van der Waals surface area contributed by atoms with Crippen LogP contribution in [-0.4, -0.2) is 54.2 Å². The van der Waals surface area contributed by atoms with E-state index in [2.05, 4.69) is 15.0 Å². The first kappa shape index (κ1) is 29.0. The van der Waals surface area contributed by atoms with E-state index in [1.54, 1.807) is 0 Å². The van der Waals surface area contributed by atoms with Gasteiger partial charge < -0.3 is 19.7 Å². The average molecular weight is 463 g/mol. The molecule has 0 spiro atoms. The predicted molar refractivity (Wildman–Crippen MR) is 110 cm³/mol. The Kier molecular flexibility index (Phi) is 18.1.